The van der Waals surface area contributed by atoms with E-state index in [1.807, 2.05) is 39.1 Å². The van der Waals surface area contributed by atoms with E-state index in [1.165, 1.54) is 0 Å². The van der Waals surface area contributed by atoms with E-state index in [9.17, 15) is 4.79 Å². The number of rotatable bonds is 2. The van der Waals surface area contributed by atoms with Crippen LogP contribution in [0.15, 0.2) is 18.3 Å². The van der Waals surface area contributed by atoms with Crippen LogP contribution in [0.3, 0.4) is 0 Å². The monoisotopic (exact) mass is 278 g/mol. The number of aromatic nitrogens is 1. The maximum atomic E-state index is 12.0. The predicted octanol–water partition coefficient (Wildman–Crippen LogP) is 2.81. The molecule has 0 saturated carbocycles. The molecule has 5 heteroatoms. The Kier molecular flexibility index (Phi) is 4.16. The molecule has 1 atom stereocenters. The highest BCUT2D eigenvalue weighted by Crippen LogP contribution is 2.28. The van der Waals surface area contributed by atoms with Crippen molar-refractivity contribution in [1.29, 1.82) is 0 Å². The molecular formula is C15H22N2O3. The van der Waals surface area contributed by atoms with Gasteiger partial charge >= 0.3 is 6.09 Å². The number of ether oxygens (including phenoxy) is 2. The number of likely N-dealkylation sites (tertiary alicyclic amines) is 1. The summed E-state index contributed by atoms with van der Waals surface area (Å²) in [6.07, 6.45) is 2.52. The average Bonchev–Trinajstić information content (AvgIpc) is 2.86. The third-order valence-corrected chi connectivity index (χ3v) is 3.28. The molecule has 1 fully saturated rings. The lowest BCUT2D eigenvalue weighted by Gasteiger charge is -2.24. The van der Waals surface area contributed by atoms with Crippen molar-refractivity contribution in [3.8, 4) is 5.88 Å². The Hall–Kier alpha value is -1.78. The Bertz CT molecular complexity index is 465. The number of hydrogen-bond acceptors (Lipinski definition) is 4. The summed E-state index contributed by atoms with van der Waals surface area (Å²) >= 11 is 0. The van der Waals surface area contributed by atoms with Gasteiger partial charge in [-0.3, -0.25) is 0 Å². The van der Waals surface area contributed by atoms with Crippen LogP contribution >= 0.6 is 0 Å². The highest BCUT2D eigenvalue weighted by molar-refractivity contribution is 5.68. The van der Waals surface area contributed by atoms with Crippen molar-refractivity contribution < 1.29 is 14.3 Å². The SMILES string of the molecule is COc1ccc(C2CCN(C(=O)OC(C)(C)C)C2)cn1. The van der Waals surface area contributed by atoms with Crippen LogP contribution < -0.4 is 4.74 Å². The first-order chi connectivity index (χ1) is 9.39. The van der Waals surface area contributed by atoms with Gasteiger partial charge in [-0.05, 0) is 32.8 Å². The van der Waals surface area contributed by atoms with E-state index in [4.69, 9.17) is 9.47 Å². The first kappa shape index (κ1) is 14.6. The van der Waals surface area contributed by atoms with Gasteiger partial charge in [0.05, 0.1) is 7.11 Å². The minimum atomic E-state index is -0.448. The molecule has 0 N–H and O–H groups in total. The molecule has 2 rings (SSSR count). The molecule has 1 aliphatic rings. The van der Waals surface area contributed by atoms with Crippen molar-refractivity contribution in [3.63, 3.8) is 0 Å². The molecule has 1 aliphatic heterocycles. The van der Waals surface area contributed by atoms with Crippen LogP contribution in [0.25, 0.3) is 0 Å². The molecule has 1 saturated heterocycles. The minimum absolute atomic E-state index is 0.235. The fraction of sp³-hybridized carbons (Fsp3) is 0.600. The second-order valence-electron chi connectivity index (χ2n) is 6.05. The van der Waals surface area contributed by atoms with Gasteiger partial charge < -0.3 is 14.4 Å². The zero-order chi connectivity index (χ0) is 14.8. The van der Waals surface area contributed by atoms with Gasteiger partial charge in [0, 0.05) is 31.3 Å². The van der Waals surface area contributed by atoms with E-state index >= 15 is 0 Å². The molecule has 0 radical (unpaired) electrons. The highest BCUT2D eigenvalue weighted by Gasteiger charge is 2.30. The average molecular weight is 278 g/mol. The number of carbonyl (C=O) groups excluding carboxylic acids is 1. The summed E-state index contributed by atoms with van der Waals surface area (Å²) in [7, 11) is 1.60. The molecule has 0 spiro atoms. The molecular weight excluding hydrogens is 256 g/mol. The lowest BCUT2D eigenvalue weighted by molar-refractivity contribution is 0.0292. The van der Waals surface area contributed by atoms with Crippen LogP contribution in [0.2, 0.25) is 0 Å². The second kappa shape index (κ2) is 5.69. The number of methoxy groups -OCH3 is 1. The van der Waals surface area contributed by atoms with Gasteiger partial charge in [-0.1, -0.05) is 6.07 Å². The number of carbonyl (C=O) groups is 1. The molecule has 0 aliphatic carbocycles. The van der Waals surface area contributed by atoms with Crippen LogP contribution in [0.1, 0.15) is 38.7 Å². The topological polar surface area (TPSA) is 51.7 Å². The zero-order valence-electron chi connectivity index (χ0n) is 12.5. The molecule has 5 nitrogen and oxygen atoms in total. The molecule has 1 aromatic heterocycles. The smallest absolute Gasteiger partial charge is 0.410 e. The second-order valence-corrected chi connectivity index (χ2v) is 6.05. The summed E-state index contributed by atoms with van der Waals surface area (Å²) in [5.41, 5.74) is 0.688. The molecule has 110 valence electrons. The molecule has 0 bridgehead atoms. The largest absolute Gasteiger partial charge is 0.481 e. The zero-order valence-corrected chi connectivity index (χ0v) is 12.5. The summed E-state index contributed by atoms with van der Waals surface area (Å²) in [6.45, 7) is 7.05. The highest BCUT2D eigenvalue weighted by atomic mass is 16.6. The number of hydrogen-bond donors (Lipinski definition) is 0. The van der Waals surface area contributed by atoms with Crippen LogP contribution in [0.5, 0.6) is 5.88 Å². The predicted molar refractivity (Wildman–Crippen MR) is 76.0 cm³/mol. The van der Waals surface area contributed by atoms with Crippen LogP contribution in [0.4, 0.5) is 4.79 Å². The van der Waals surface area contributed by atoms with E-state index in [0.29, 0.717) is 18.3 Å². The van der Waals surface area contributed by atoms with E-state index < -0.39 is 5.60 Å². The summed E-state index contributed by atoms with van der Waals surface area (Å²) in [5, 5.41) is 0. The van der Waals surface area contributed by atoms with Gasteiger partial charge in [-0.15, -0.1) is 0 Å². The van der Waals surface area contributed by atoms with Crippen molar-refractivity contribution in [2.45, 2.75) is 38.7 Å². The van der Waals surface area contributed by atoms with Crippen LogP contribution in [-0.2, 0) is 4.74 Å². The molecule has 20 heavy (non-hydrogen) atoms. The summed E-state index contributed by atoms with van der Waals surface area (Å²) in [6, 6.07) is 3.86. The summed E-state index contributed by atoms with van der Waals surface area (Å²) in [5.74, 6) is 0.927. The van der Waals surface area contributed by atoms with E-state index in [0.717, 1.165) is 18.5 Å². The summed E-state index contributed by atoms with van der Waals surface area (Å²) < 4.78 is 10.4. The number of pyridine rings is 1. The minimum Gasteiger partial charge on any atom is -0.481 e. The molecule has 2 heterocycles. The number of amides is 1. The van der Waals surface area contributed by atoms with Crippen LogP contribution in [-0.4, -0.2) is 41.8 Å². The molecule has 0 aromatic carbocycles. The van der Waals surface area contributed by atoms with E-state index in [2.05, 4.69) is 4.98 Å². The normalized spacial score (nSPS) is 19.0. The van der Waals surface area contributed by atoms with Gasteiger partial charge in [0.2, 0.25) is 5.88 Å². The third kappa shape index (κ3) is 3.62. The van der Waals surface area contributed by atoms with Gasteiger partial charge in [0.15, 0.2) is 0 Å². The van der Waals surface area contributed by atoms with E-state index in [-0.39, 0.29) is 6.09 Å². The number of nitrogens with zero attached hydrogens (tertiary/aromatic N) is 2. The molecule has 1 amide bonds. The third-order valence-electron chi connectivity index (χ3n) is 3.28. The Labute approximate surface area is 119 Å². The van der Waals surface area contributed by atoms with Gasteiger partial charge in [-0.2, -0.15) is 0 Å². The maximum Gasteiger partial charge on any atom is 0.410 e. The maximum absolute atomic E-state index is 12.0. The Morgan fingerprint density at radius 1 is 1.40 bits per heavy atom. The fourth-order valence-electron chi connectivity index (χ4n) is 2.28. The molecule has 1 unspecified atom stereocenters. The van der Waals surface area contributed by atoms with Crippen molar-refractivity contribution in [1.82, 2.24) is 9.88 Å². The van der Waals surface area contributed by atoms with Gasteiger partial charge in [0.25, 0.3) is 0 Å². The van der Waals surface area contributed by atoms with Crippen molar-refractivity contribution in [2.24, 2.45) is 0 Å². The standard InChI is InChI=1S/C15H22N2O3/c1-15(2,3)20-14(18)17-8-7-12(10-17)11-5-6-13(19-4)16-9-11/h5-6,9,12H,7-8,10H2,1-4H3. The first-order valence-corrected chi connectivity index (χ1v) is 6.87. The van der Waals surface area contributed by atoms with Crippen molar-refractivity contribution in [2.75, 3.05) is 20.2 Å². The fourth-order valence-corrected chi connectivity index (χ4v) is 2.28. The van der Waals surface area contributed by atoms with E-state index in [1.54, 1.807) is 12.0 Å². The summed E-state index contributed by atoms with van der Waals surface area (Å²) in [4.78, 5) is 18.0. The molecule has 1 aromatic rings. The Morgan fingerprint density at radius 3 is 2.70 bits per heavy atom. The van der Waals surface area contributed by atoms with Crippen molar-refractivity contribution in [3.05, 3.63) is 23.9 Å². The Morgan fingerprint density at radius 2 is 2.15 bits per heavy atom. The van der Waals surface area contributed by atoms with Gasteiger partial charge in [-0.25, -0.2) is 9.78 Å². The lowest BCUT2D eigenvalue weighted by Crippen LogP contribution is -2.35. The quantitative estimate of drug-likeness (QED) is 0.834. The van der Waals surface area contributed by atoms with Crippen molar-refractivity contribution >= 4 is 6.09 Å². The lowest BCUT2D eigenvalue weighted by atomic mass is 10.0. The van der Waals surface area contributed by atoms with Gasteiger partial charge in [0.1, 0.15) is 5.60 Å². The van der Waals surface area contributed by atoms with Crippen LogP contribution in [0, 0.1) is 0 Å². The Balaban J connectivity index is 1.96. The first-order valence-electron chi connectivity index (χ1n) is 6.87.